The van der Waals surface area contributed by atoms with E-state index in [1.54, 1.807) is 0 Å². The van der Waals surface area contributed by atoms with Gasteiger partial charge in [0.1, 0.15) is 0 Å². The van der Waals surface area contributed by atoms with Crippen molar-refractivity contribution in [2.75, 3.05) is 33.2 Å². The average Bonchev–Trinajstić information content (AvgIpc) is 2.74. The first-order valence-electron chi connectivity index (χ1n) is 8.97. The quantitative estimate of drug-likeness (QED) is 0.792. The van der Waals surface area contributed by atoms with Gasteiger partial charge in [-0.2, -0.15) is 5.10 Å². The van der Waals surface area contributed by atoms with Crippen LogP contribution in [0.2, 0.25) is 0 Å². The largest absolute Gasteiger partial charge is 0.303 e. The minimum atomic E-state index is 0.539. The minimum Gasteiger partial charge on any atom is -0.303 e. The van der Waals surface area contributed by atoms with Gasteiger partial charge >= 0.3 is 0 Å². The van der Waals surface area contributed by atoms with Crippen LogP contribution in [0.5, 0.6) is 0 Å². The molecule has 1 saturated heterocycles. The Labute approximate surface area is 146 Å². The fourth-order valence-electron chi connectivity index (χ4n) is 3.40. The molecule has 0 N–H and O–H groups in total. The lowest BCUT2D eigenvalue weighted by Crippen LogP contribution is -2.41. The van der Waals surface area contributed by atoms with Crippen LogP contribution in [0.25, 0.3) is 11.1 Å². The second kappa shape index (κ2) is 6.94. The molecule has 0 spiro atoms. The molecular formula is C21H29N3. The van der Waals surface area contributed by atoms with Crippen molar-refractivity contribution in [3.63, 3.8) is 0 Å². The van der Waals surface area contributed by atoms with Crippen LogP contribution in [0.1, 0.15) is 42.0 Å². The Bertz CT molecular complexity index is 710. The zero-order valence-corrected chi connectivity index (χ0v) is 15.6. The Kier molecular flexibility index (Phi) is 4.91. The highest BCUT2D eigenvalue weighted by Gasteiger charge is 2.16. The van der Waals surface area contributed by atoms with Crippen LogP contribution < -0.4 is 0 Å². The number of likely N-dealkylation sites (N-methyl/N-ethyl adjacent to an activating group) is 1. The molecule has 0 aromatic heterocycles. The number of rotatable bonds is 3. The van der Waals surface area contributed by atoms with Crippen LogP contribution in [-0.4, -0.2) is 49.4 Å². The maximum Gasteiger partial charge on any atom is 0.0549 e. The van der Waals surface area contributed by atoms with Crippen molar-refractivity contribution in [2.45, 2.75) is 33.6 Å². The van der Waals surface area contributed by atoms with E-state index in [2.05, 4.69) is 75.1 Å². The topological polar surface area (TPSA) is 18.8 Å². The van der Waals surface area contributed by atoms with E-state index in [1.165, 1.54) is 33.4 Å². The summed E-state index contributed by atoms with van der Waals surface area (Å²) in [7, 11) is 2.17. The van der Waals surface area contributed by atoms with E-state index in [0.29, 0.717) is 5.92 Å². The van der Waals surface area contributed by atoms with Crippen molar-refractivity contribution in [2.24, 2.45) is 5.10 Å². The fourth-order valence-corrected chi connectivity index (χ4v) is 3.40. The van der Waals surface area contributed by atoms with Gasteiger partial charge in [0.15, 0.2) is 0 Å². The van der Waals surface area contributed by atoms with Gasteiger partial charge in [-0.05, 0) is 60.7 Å². The third kappa shape index (κ3) is 3.46. The average molecular weight is 323 g/mol. The van der Waals surface area contributed by atoms with Crippen molar-refractivity contribution >= 4 is 6.21 Å². The highest BCUT2D eigenvalue weighted by molar-refractivity contribution is 5.95. The predicted octanol–water partition coefficient (Wildman–Crippen LogP) is 4.11. The Hall–Kier alpha value is -1.87. The summed E-state index contributed by atoms with van der Waals surface area (Å²) in [6, 6.07) is 9.15. The third-order valence-corrected chi connectivity index (χ3v) is 5.09. The van der Waals surface area contributed by atoms with E-state index >= 15 is 0 Å². The summed E-state index contributed by atoms with van der Waals surface area (Å²) in [6.45, 7) is 13.1. The van der Waals surface area contributed by atoms with Crippen molar-refractivity contribution < 1.29 is 0 Å². The molecule has 3 aliphatic rings. The molecular weight excluding hydrogens is 294 g/mol. The lowest BCUT2D eigenvalue weighted by atomic mass is 10.0. The summed E-state index contributed by atoms with van der Waals surface area (Å²) in [4.78, 5) is 2.35. The number of hydrazone groups is 1. The molecule has 0 radical (unpaired) electrons. The molecule has 3 heteroatoms. The van der Waals surface area contributed by atoms with Gasteiger partial charge in [-0.25, -0.2) is 0 Å². The summed E-state index contributed by atoms with van der Waals surface area (Å²) in [5.41, 5.74) is 8.00. The molecule has 0 unspecified atom stereocenters. The van der Waals surface area contributed by atoms with Crippen LogP contribution in [0, 0.1) is 13.8 Å². The van der Waals surface area contributed by atoms with Crippen LogP contribution in [0.4, 0.5) is 0 Å². The molecule has 1 aliphatic heterocycles. The minimum absolute atomic E-state index is 0.539. The number of fused-ring (bicyclic) bond motifs is 1. The summed E-state index contributed by atoms with van der Waals surface area (Å²) >= 11 is 0. The summed E-state index contributed by atoms with van der Waals surface area (Å²) < 4.78 is 0. The second-order valence-electron chi connectivity index (χ2n) is 7.39. The summed E-state index contributed by atoms with van der Waals surface area (Å²) in [5, 5.41) is 6.94. The van der Waals surface area contributed by atoms with E-state index in [4.69, 9.17) is 5.10 Å². The van der Waals surface area contributed by atoms with Crippen molar-refractivity contribution in [3.05, 3.63) is 46.5 Å². The maximum absolute atomic E-state index is 4.75. The molecule has 24 heavy (non-hydrogen) atoms. The Balaban J connectivity index is 1.93. The van der Waals surface area contributed by atoms with Crippen LogP contribution in [0.3, 0.4) is 0 Å². The molecule has 1 heterocycles. The fraction of sp³-hybridized carbons (Fsp3) is 0.476. The number of hydrogen-bond acceptors (Lipinski definition) is 3. The third-order valence-electron chi connectivity index (χ3n) is 5.09. The van der Waals surface area contributed by atoms with Gasteiger partial charge in [0.25, 0.3) is 0 Å². The number of nitrogens with zero attached hydrogens (tertiary/aromatic N) is 3. The molecule has 0 saturated carbocycles. The van der Waals surface area contributed by atoms with Gasteiger partial charge in [-0.1, -0.05) is 32.0 Å². The first kappa shape index (κ1) is 17.0. The van der Waals surface area contributed by atoms with E-state index in [1.807, 2.05) is 0 Å². The van der Waals surface area contributed by atoms with E-state index in [-0.39, 0.29) is 0 Å². The molecule has 0 aromatic carbocycles. The molecule has 0 atom stereocenters. The molecule has 2 aliphatic carbocycles. The van der Waals surface area contributed by atoms with Gasteiger partial charge in [0.05, 0.1) is 6.21 Å². The van der Waals surface area contributed by atoms with E-state index < -0.39 is 0 Å². The highest BCUT2D eigenvalue weighted by Crippen LogP contribution is 2.35. The summed E-state index contributed by atoms with van der Waals surface area (Å²) in [5.74, 6) is 0.539. The smallest absolute Gasteiger partial charge is 0.0549 e. The lowest BCUT2D eigenvalue weighted by Gasteiger charge is -2.30. The van der Waals surface area contributed by atoms with Crippen molar-refractivity contribution in [3.8, 4) is 11.1 Å². The lowest BCUT2D eigenvalue weighted by molar-refractivity contribution is 0.159. The van der Waals surface area contributed by atoms with E-state index in [0.717, 1.165) is 26.2 Å². The second-order valence-corrected chi connectivity index (χ2v) is 7.39. The molecule has 128 valence electrons. The predicted molar refractivity (Wildman–Crippen MR) is 103 cm³/mol. The first-order chi connectivity index (χ1) is 11.5. The number of hydrogen-bond donors (Lipinski definition) is 0. The van der Waals surface area contributed by atoms with Gasteiger partial charge in [-0.3, -0.25) is 5.01 Å². The normalized spacial score (nSPS) is 16.7. The standard InChI is InChI=1S/C21H29N3/c1-15(2)18-7-6-16(3)21-19(12-17(4)20(21)13-18)14-22-24-10-8-23(5)9-11-24/h6-7,12-15H,8-11H2,1-5H3/b22-14+. The zero-order chi connectivity index (χ0) is 17.3. The first-order valence-corrected chi connectivity index (χ1v) is 8.97. The number of aryl methyl sites for hydroxylation is 2. The van der Waals surface area contributed by atoms with Gasteiger partial charge < -0.3 is 4.90 Å². The Morgan fingerprint density at radius 3 is 2.38 bits per heavy atom. The molecule has 3 rings (SSSR count). The molecule has 1 fully saturated rings. The van der Waals surface area contributed by atoms with Gasteiger partial charge in [0, 0.05) is 31.7 Å². The van der Waals surface area contributed by atoms with Gasteiger partial charge in [0.2, 0.25) is 0 Å². The van der Waals surface area contributed by atoms with Crippen LogP contribution in [0.15, 0.2) is 29.4 Å². The van der Waals surface area contributed by atoms with Gasteiger partial charge in [-0.15, -0.1) is 0 Å². The van der Waals surface area contributed by atoms with E-state index in [9.17, 15) is 0 Å². The molecule has 3 nitrogen and oxygen atoms in total. The molecule has 0 aromatic rings. The number of piperazine rings is 1. The SMILES string of the molecule is Cc1cc(/C=N/N2CCN(C)CC2)c2c(C)ccc(C(C)C)cc1-2. The molecule has 0 amide bonds. The zero-order valence-electron chi connectivity index (χ0n) is 15.6. The highest BCUT2D eigenvalue weighted by atomic mass is 15.5. The Morgan fingerprint density at radius 2 is 1.71 bits per heavy atom. The van der Waals surface area contributed by atoms with Crippen molar-refractivity contribution in [1.29, 1.82) is 0 Å². The monoisotopic (exact) mass is 323 g/mol. The van der Waals surface area contributed by atoms with Crippen LogP contribution >= 0.6 is 0 Å². The summed E-state index contributed by atoms with van der Waals surface area (Å²) in [6.07, 6.45) is 2.06. The van der Waals surface area contributed by atoms with Crippen LogP contribution in [-0.2, 0) is 0 Å². The van der Waals surface area contributed by atoms with Crippen molar-refractivity contribution in [1.82, 2.24) is 9.91 Å². The Morgan fingerprint density at radius 1 is 1.00 bits per heavy atom. The maximum atomic E-state index is 4.75. The molecule has 0 bridgehead atoms.